The molecule has 4 rings (SSSR count). The molecule has 2 amide bonds. The maximum Gasteiger partial charge on any atom is 0.277 e. The molecule has 2 heterocycles. The number of fused-ring (bicyclic) bond motifs is 1. The van der Waals surface area contributed by atoms with Crippen LogP contribution in [0.4, 0.5) is 5.69 Å². The number of hydrogen-bond donors (Lipinski definition) is 2. The second-order valence-electron chi connectivity index (χ2n) is 5.91. The van der Waals surface area contributed by atoms with Crippen LogP contribution in [0.15, 0.2) is 58.7 Å². The highest BCUT2D eigenvalue weighted by atomic mass is 127. The molecule has 3 aromatic rings. The zero-order valence-electron chi connectivity index (χ0n) is 14.0. The standard InChI is InChI=1S/C19H14IN3O4/c20-12-3-1-2-11(8-12)18-22-14-9-13(4-5-16(14)27-18)21-15-10-17(25)23(6-7-24)19(15)26/h1-5,8-10,21,24H,6-7H2. The van der Waals surface area contributed by atoms with Crippen molar-refractivity contribution < 1.29 is 19.1 Å². The molecule has 8 heteroatoms. The number of benzene rings is 2. The van der Waals surface area contributed by atoms with E-state index in [0.29, 0.717) is 22.7 Å². The van der Waals surface area contributed by atoms with Crippen LogP contribution in [-0.2, 0) is 9.59 Å². The number of rotatable bonds is 5. The lowest BCUT2D eigenvalue weighted by Crippen LogP contribution is -2.34. The van der Waals surface area contributed by atoms with Gasteiger partial charge < -0.3 is 14.8 Å². The number of carbonyl (C=O) groups excluding carboxylic acids is 2. The Labute approximate surface area is 167 Å². The molecule has 0 aliphatic carbocycles. The van der Waals surface area contributed by atoms with Gasteiger partial charge in [0.25, 0.3) is 11.8 Å². The predicted molar refractivity (Wildman–Crippen MR) is 108 cm³/mol. The second-order valence-corrected chi connectivity index (χ2v) is 7.16. The molecular formula is C19H14IN3O4. The summed E-state index contributed by atoms with van der Waals surface area (Å²) in [7, 11) is 0. The van der Waals surface area contributed by atoms with Crippen molar-refractivity contribution in [1.82, 2.24) is 9.88 Å². The average molecular weight is 475 g/mol. The van der Waals surface area contributed by atoms with Gasteiger partial charge in [0.2, 0.25) is 5.89 Å². The molecule has 1 aliphatic heterocycles. The Morgan fingerprint density at radius 2 is 2.04 bits per heavy atom. The highest BCUT2D eigenvalue weighted by Gasteiger charge is 2.30. The summed E-state index contributed by atoms with van der Waals surface area (Å²) < 4.78 is 6.89. The molecule has 136 valence electrons. The highest BCUT2D eigenvalue weighted by Crippen LogP contribution is 2.28. The number of oxazole rings is 1. The smallest absolute Gasteiger partial charge is 0.277 e. The molecule has 1 aromatic heterocycles. The van der Waals surface area contributed by atoms with Crippen molar-refractivity contribution >= 4 is 51.2 Å². The number of aromatic nitrogens is 1. The number of amides is 2. The number of hydrogen-bond acceptors (Lipinski definition) is 6. The molecule has 27 heavy (non-hydrogen) atoms. The molecule has 1 aliphatic rings. The van der Waals surface area contributed by atoms with Crippen molar-refractivity contribution in [2.45, 2.75) is 0 Å². The number of β-amino-alcohol motifs (C(OH)–C–C–N with tert-alkyl or cyclic N) is 1. The van der Waals surface area contributed by atoms with Crippen LogP contribution < -0.4 is 5.32 Å². The first-order valence-corrected chi connectivity index (χ1v) is 9.25. The van der Waals surface area contributed by atoms with Crippen molar-refractivity contribution in [2.75, 3.05) is 18.5 Å². The van der Waals surface area contributed by atoms with E-state index in [2.05, 4.69) is 32.9 Å². The molecule has 0 atom stereocenters. The Hall–Kier alpha value is -2.72. The van der Waals surface area contributed by atoms with Gasteiger partial charge in [-0.1, -0.05) is 6.07 Å². The van der Waals surface area contributed by atoms with Crippen LogP contribution in [0.3, 0.4) is 0 Å². The average Bonchev–Trinajstić information content (AvgIpc) is 3.18. The Morgan fingerprint density at radius 1 is 1.19 bits per heavy atom. The third-order valence-electron chi connectivity index (χ3n) is 4.07. The lowest BCUT2D eigenvalue weighted by atomic mass is 10.2. The normalized spacial score (nSPS) is 14.1. The molecule has 0 radical (unpaired) electrons. The van der Waals surface area contributed by atoms with Crippen LogP contribution in [0.25, 0.3) is 22.6 Å². The van der Waals surface area contributed by atoms with Gasteiger partial charge >= 0.3 is 0 Å². The third kappa shape index (κ3) is 3.45. The van der Waals surface area contributed by atoms with Gasteiger partial charge in [-0.05, 0) is 59.0 Å². The summed E-state index contributed by atoms with van der Waals surface area (Å²) in [6.45, 7) is -0.300. The molecule has 0 spiro atoms. The van der Waals surface area contributed by atoms with Crippen LogP contribution in [0, 0.1) is 3.57 Å². The first-order chi connectivity index (χ1) is 13.0. The summed E-state index contributed by atoms with van der Waals surface area (Å²) in [5.41, 5.74) is 2.92. The topological polar surface area (TPSA) is 95.7 Å². The Kier molecular flexibility index (Phi) is 4.66. The fraction of sp³-hybridized carbons (Fsp3) is 0.105. The van der Waals surface area contributed by atoms with E-state index in [1.165, 1.54) is 6.08 Å². The largest absolute Gasteiger partial charge is 0.436 e. The van der Waals surface area contributed by atoms with E-state index < -0.39 is 11.8 Å². The van der Waals surface area contributed by atoms with Gasteiger partial charge in [-0.25, -0.2) is 4.98 Å². The molecule has 2 aromatic carbocycles. The van der Waals surface area contributed by atoms with E-state index >= 15 is 0 Å². The zero-order chi connectivity index (χ0) is 19.0. The number of imide groups is 1. The van der Waals surface area contributed by atoms with Crippen molar-refractivity contribution in [3.63, 3.8) is 0 Å². The van der Waals surface area contributed by atoms with Gasteiger partial charge in [0.1, 0.15) is 11.2 Å². The minimum absolute atomic E-state index is 0.0269. The minimum Gasteiger partial charge on any atom is -0.436 e. The van der Waals surface area contributed by atoms with Crippen molar-refractivity contribution in [1.29, 1.82) is 0 Å². The number of anilines is 1. The lowest BCUT2D eigenvalue weighted by Gasteiger charge is -2.13. The summed E-state index contributed by atoms with van der Waals surface area (Å²) in [5.74, 6) is -0.394. The quantitative estimate of drug-likeness (QED) is 0.436. The third-order valence-corrected chi connectivity index (χ3v) is 4.74. The van der Waals surface area contributed by atoms with Gasteiger partial charge in [-0.15, -0.1) is 0 Å². The number of aliphatic hydroxyl groups excluding tert-OH is 1. The fourth-order valence-electron chi connectivity index (χ4n) is 2.82. The Morgan fingerprint density at radius 3 is 2.81 bits per heavy atom. The van der Waals surface area contributed by atoms with Crippen LogP contribution in [0.2, 0.25) is 0 Å². The summed E-state index contributed by atoms with van der Waals surface area (Å²) in [6.07, 6.45) is 1.22. The molecular weight excluding hydrogens is 461 g/mol. The van der Waals surface area contributed by atoms with Crippen LogP contribution in [0.1, 0.15) is 0 Å². The summed E-state index contributed by atoms with van der Waals surface area (Å²) in [4.78, 5) is 29.6. The predicted octanol–water partition coefficient (Wildman–Crippen LogP) is 2.76. The molecule has 0 bridgehead atoms. The fourth-order valence-corrected chi connectivity index (χ4v) is 3.36. The maximum absolute atomic E-state index is 12.2. The second kappa shape index (κ2) is 7.12. The molecule has 0 saturated carbocycles. The number of carbonyl (C=O) groups is 2. The summed E-state index contributed by atoms with van der Waals surface area (Å²) in [6, 6.07) is 13.1. The first kappa shape index (κ1) is 17.7. The highest BCUT2D eigenvalue weighted by molar-refractivity contribution is 14.1. The van der Waals surface area contributed by atoms with Gasteiger partial charge in [0.15, 0.2) is 5.58 Å². The SMILES string of the molecule is O=C1C=C(Nc2ccc3oc(-c4cccc(I)c4)nc3c2)C(=O)N1CCO. The zero-order valence-corrected chi connectivity index (χ0v) is 16.1. The number of halogens is 1. The van der Waals surface area contributed by atoms with Gasteiger partial charge in [0.05, 0.1) is 13.2 Å². The molecule has 7 nitrogen and oxygen atoms in total. The van der Waals surface area contributed by atoms with Crippen molar-refractivity contribution in [3.8, 4) is 11.5 Å². The summed E-state index contributed by atoms with van der Waals surface area (Å²) >= 11 is 2.23. The van der Waals surface area contributed by atoms with Crippen LogP contribution in [0.5, 0.6) is 0 Å². The van der Waals surface area contributed by atoms with Gasteiger partial charge in [0, 0.05) is 20.9 Å². The lowest BCUT2D eigenvalue weighted by molar-refractivity contribution is -0.137. The maximum atomic E-state index is 12.2. The van der Waals surface area contributed by atoms with E-state index in [1.807, 2.05) is 24.3 Å². The summed E-state index contributed by atoms with van der Waals surface area (Å²) in [5, 5.41) is 11.9. The number of aliphatic hydroxyl groups is 1. The van der Waals surface area contributed by atoms with Gasteiger partial charge in [-0.2, -0.15) is 0 Å². The minimum atomic E-state index is -0.464. The van der Waals surface area contributed by atoms with E-state index in [4.69, 9.17) is 9.52 Å². The van der Waals surface area contributed by atoms with Crippen molar-refractivity contribution in [3.05, 3.63) is 57.8 Å². The number of nitrogens with zero attached hydrogens (tertiary/aromatic N) is 2. The van der Waals surface area contributed by atoms with E-state index in [1.54, 1.807) is 18.2 Å². The van der Waals surface area contributed by atoms with E-state index in [-0.39, 0.29) is 18.8 Å². The molecule has 0 saturated heterocycles. The Balaban J connectivity index is 1.60. The number of nitrogens with one attached hydrogen (secondary N) is 1. The first-order valence-electron chi connectivity index (χ1n) is 8.17. The van der Waals surface area contributed by atoms with Crippen molar-refractivity contribution in [2.24, 2.45) is 0 Å². The molecule has 0 fully saturated rings. The monoisotopic (exact) mass is 475 g/mol. The van der Waals surface area contributed by atoms with E-state index in [0.717, 1.165) is 14.0 Å². The van der Waals surface area contributed by atoms with Gasteiger partial charge in [-0.3, -0.25) is 14.5 Å². The van der Waals surface area contributed by atoms with Crippen LogP contribution >= 0.6 is 22.6 Å². The Bertz CT molecular complexity index is 1090. The molecule has 0 unspecified atom stereocenters. The molecule has 2 N–H and O–H groups in total. The van der Waals surface area contributed by atoms with Crippen LogP contribution in [-0.4, -0.2) is 40.0 Å². The van der Waals surface area contributed by atoms with E-state index in [9.17, 15) is 9.59 Å².